The molecule has 0 aromatic heterocycles. The van der Waals surface area contributed by atoms with Gasteiger partial charge in [-0.25, -0.2) is 0 Å². The highest BCUT2D eigenvalue weighted by Gasteiger charge is 2.64. The lowest BCUT2D eigenvalue weighted by Crippen LogP contribution is -2.62. The minimum atomic E-state index is -0.496. The van der Waals surface area contributed by atoms with Crippen molar-refractivity contribution < 1.29 is 9.90 Å². The van der Waals surface area contributed by atoms with E-state index in [4.69, 9.17) is 0 Å². The number of Topliss-reactive ketones (excluding diaryl/α,β-unsaturated/α-hetero) is 1. The summed E-state index contributed by atoms with van der Waals surface area (Å²) in [5.74, 6) is 2.94. The van der Waals surface area contributed by atoms with Gasteiger partial charge in [0, 0.05) is 11.8 Å². The maximum atomic E-state index is 12.5. The molecule has 0 saturated heterocycles. The van der Waals surface area contributed by atoms with Gasteiger partial charge < -0.3 is 5.11 Å². The van der Waals surface area contributed by atoms with Crippen molar-refractivity contribution >= 4 is 5.78 Å². The first kappa shape index (κ1) is 18.7. The van der Waals surface area contributed by atoms with Crippen LogP contribution in [0.5, 0.6) is 0 Å². The van der Waals surface area contributed by atoms with E-state index < -0.39 is 5.60 Å². The molecular weight excluding hydrogens is 320 g/mol. The van der Waals surface area contributed by atoms with Crippen molar-refractivity contribution in [3.8, 4) is 0 Å². The molecule has 0 heterocycles. The van der Waals surface area contributed by atoms with Crippen LogP contribution in [0, 0.1) is 34.5 Å². The summed E-state index contributed by atoms with van der Waals surface area (Å²) >= 11 is 0. The van der Waals surface area contributed by atoms with Gasteiger partial charge in [0.05, 0.1) is 5.60 Å². The predicted molar refractivity (Wildman–Crippen MR) is 106 cm³/mol. The number of hydrogen-bond acceptors (Lipinski definition) is 2. The Morgan fingerprint density at radius 3 is 2.65 bits per heavy atom. The molecule has 0 radical (unpaired) electrons. The van der Waals surface area contributed by atoms with Crippen molar-refractivity contribution in [3.63, 3.8) is 0 Å². The van der Waals surface area contributed by atoms with Crippen molar-refractivity contribution in [3.05, 3.63) is 12.2 Å². The summed E-state index contributed by atoms with van der Waals surface area (Å²) in [7, 11) is 0. The Labute approximate surface area is 159 Å². The highest BCUT2D eigenvalue weighted by molar-refractivity contribution is 5.87. The van der Waals surface area contributed by atoms with Gasteiger partial charge in [0.2, 0.25) is 0 Å². The van der Waals surface area contributed by atoms with Crippen LogP contribution >= 0.6 is 0 Å². The topological polar surface area (TPSA) is 37.3 Å². The molecule has 26 heavy (non-hydrogen) atoms. The van der Waals surface area contributed by atoms with Gasteiger partial charge in [-0.05, 0) is 86.9 Å². The van der Waals surface area contributed by atoms with Crippen molar-refractivity contribution in [2.45, 2.75) is 97.0 Å². The van der Waals surface area contributed by atoms with E-state index >= 15 is 0 Å². The number of fused-ring (bicyclic) bond motifs is 5. The van der Waals surface area contributed by atoms with Crippen molar-refractivity contribution in [1.29, 1.82) is 0 Å². The first-order valence-corrected chi connectivity index (χ1v) is 11.3. The van der Waals surface area contributed by atoms with Gasteiger partial charge in [-0.2, -0.15) is 0 Å². The normalized spacial score (nSPS) is 51.2. The highest BCUT2D eigenvalue weighted by atomic mass is 16.3. The molecule has 4 fully saturated rings. The molecule has 2 heteroatoms. The summed E-state index contributed by atoms with van der Waals surface area (Å²) in [6.07, 6.45) is 16.6. The van der Waals surface area contributed by atoms with E-state index in [1.54, 1.807) is 0 Å². The van der Waals surface area contributed by atoms with E-state index in [-0.39, 0.29) is 10.8 Å². The van der Waals surface area contributed by atoms with Crippen LogP contribution in [0.2, 0.25) is 0 Å². The number of ketones is 1. The molecule has 4 aliphatic carbocycles. The van der Waals surface area contributed by atoms with E-state index in [0.717, 1.165) is 57.8 Å². The summed E-state index contributed by atoms with van der Waals surface area (Å²) in [4.78, 5) is 12.5. The average molecular weight is 359 g/mol. The van der Waals surface area contributed by atoms with Crippen molar-refractivity contribution in [1.82, 2.24) is 0 Å². The lowest BCUT2D eigenvalue weighted by atomic mass is 9.43. The lowest BCUT2D eigenvalue weighted by Gasteiger charge is -2.63. The molecular formula is C24H38O2. The van der Waals surface area contributed by atoms with Crippen LogP contribution in [0.15, 0.2) is 12.2 Å². The van der Waals surface area contributed by atoms with Gasteiger partial charge >= 0.3 is 0 Å². The van der Waals surface area contributed by atoms with Crippen LogP contribution in [0.4, 0.5) is 0 Å². The lowest BCUT2D eigenvalue weighted by molar-refractivity contribution is -0.207. The minimum Gasteiger partial charge on any atom is -0.389 e. The monoisotopic (exact) mass is 358 g/mol. The molecule has 7 atom stereocenters. The van der Waals surface area contributed by atoms with Crippen LogP contribution in [0.25, 0.3) is 0 Å². The molecule has 3 unspecified atom stereocenters. The maximum Gasteiger partial charge on any atom is 0.139 e. The van der Waals surface area contributed by atoms with Crippen LogP contribution in [0.1, 0.15) is 91.4 Å². The van der Waals surface area contributed by atoms with Gasteiger partial charge in [-0.1, -0.05) is 39.3 Å². The second-order valence-corrected chi connectivity index (χ2v) is 10.5. The minimum absolute atomic E-state index is 0.0485. The van der Waals surface area contributed by atoms with E-state index in [1.165, 1.54) is 12.8 Å². The third-order valence-corrected chi connectivity index (χ3v) is 9.42. The third kappa shape index (κ3) is 2.58. The molecule has 2 nitrogen and oxygen atoms in total. The Morgan fingerprint density at radius 1 is 1.08 bits per heavy atom. The fraction of sp³-hybridized carbons (Fsp3) is 0.875. The van der Waals surface area contributed by atoms with Gasteiger partial charge in [0.25, 0.3) is 0 Å². The smallest absolute Gasteiger partial charge is 0.139 e. The zero-order valence-corrected chi connectivity index (χ0v) is 17.1. The first-order valence-electron chi connectivity index (χ1n) is 11.3. The van der Waals surface area contributed by atoms with Crippen LogP contribution in [0.3, 0.4) is 0 Å². The van der Waals surface area contributed by atoms with Gasteiger partial charge in [-0.3, -0.25) is 4.79 Å². The van der Waals surface area contributed by atoms with Crippen LogP contribution in [-0.2, 0) is 4.79 Å². The first-order chi connectivity index (χ1) is 12.3. The van der Waals surface area contributed by atoms with Gasteiger partial charge in [-0.15, -0.1) is 0 Å². The summed E-state index contributed by atoms with van der Waals surface area (Å²) < 4.78 is 0. The largest absolute Gasteiger partial charge is 0.389 e. The Bertz CT molecular complexity index is 595. The molecule has 0 aliphatic heterocycles. The number of hydrogen-bond donors (Lipinski definition) is 1. The summed E-state index contributed by atoms with van der Waals surface area (Å²) in [6.45, 7) is 6.87. The quantitative estimate of drug-likeness (QED) is 0.658. The van der Waals surface area contributed by atoms with E-state index in [0.29, 0.717) is 29.5 Å². The second kappa shape index (κ2) is 6.47. The Hall–Kier alpha value is -0.630. The highest BCUT2D eigenvalue weighted by Crippen LogP contribution is 2.67. The number of carbonyl (C=O) groups is 1. The van der Waals surface area contributed by atoms with E-state index in [1.807, 2.05) is 0 Å². The molecule has 0 aromatic carbocycles. The summed E-state index contributed by atoms with van der Waals surface area (Å²) in [6, 6.07) is 0. The van der Waals surface area contributed by atoms with Crippen LogP contribution < -0.4 is 0 Å². The molecule has 4 rings (SSSR count). The standard InChI is InChI=1S/C24H38O2/c1-4-5-6-7-17-10-14-23(3)20-12-13-22(2)19(8-9-21(22)25)18(20)11-15-24(23,26)16-17/h6-7,17-20,26H,4-5,8-16H2,1-3H3/t17-,18?,19?,20?,22+,23-,24-/m1/s1. The van der Waals surface area contributed by atoms with Gasteiger partial charge in [0.1, 0.15) is 5.78 Å². The third-order valence-electron chi connectivity index (χ3n) is 9.42. The number of allylic oxidation sites excluding steroid dienone is 2. The van der Waals surface area contributed by atoms with E-state index in [2.05, 4.69) is 32.9 Å². The zero-order valence-electron chi connectivity index (χ0n) is 17.1. The molecule has 4 aliphatic rings. The van der Waals surface area contributed by atoms with E-state index in [9.17, 15) is 9.90 Å². The number of unbranched alkanes of at least 4 members (excludes halogenated alkanes) is 1. The molecule has 4 saturated carbocycles. The number of aliphatic hydroxyl groups is 1. The predicted octanol–water partition coefficient (Wildman–Crippen LogP) is 5.69. The molecule has 0 aromatic rings. The molecule has 0 amide bonds. The maximum absolute atomic E-state index is 12.5. The zero-order chi connectivity index (χ0) is 18.6. The Kier molecular flexibility index (Phi) is 4.66. The van der Waals surface area contributed by atoms with Crippen molar-refractivity contribution in [2.24, 2.45) is 34.5 Å². The molecule has 1 N–H and O–H groups in total. The fourth-order valence-corrected chi connectivity index (χ4v) is 7.68. The fourth-order valence-electron chi connectivity index (χ4n) is 7.68. The second-order valence-electron chi connectivity index (χ2n) is 10.5. The molecule has 0 spiro atoms. The average Bonchev–Trinajstić information content (AvgIpc) is 2.91. The molecule has 146 valence electrons. The molecule has 0 bridgehead atoms. The Balaban J connectivity index is 1.56. The number of rotatable bonds is 3. The number of carbonyl (C=O) groups excluding carboxylic acids is 1. The summed E-state index contributed by atoms with van der Waals surface area (Å²) in [5.41, 5.74) is -0.491. The summed E-state index contributed by atoms with van der Waals surface area (Å²) in [5, 5.41) is 11.8. The SMILES string of the molecule is CCCC=C[C@@H]1CC[C@]2(C)C3CC[C@]4(C)C(=O)CCC4C3CC[C@@]2(O)C1. The Morgan fingerprint density at radius 2 is 1.88 bits per heavy atom. The van der Waals surface area contributed by atoms with Crippen molar-refractivity contribution in [2.75, 3.05) is 0 Å². The van der Waals surface area contributed by atoms with Crippen LogP contribution in [-0.4, -0.2) is 16.5 Å². The van der Waals surface area contributed by atoms with Gasteiger partial charge in [0.15, 0.2) is 0 Å².